The molecule has 1 aromatic carbocycles. The highest BCUT2D eigenvalue weighted by molar-refractivity contribution is 7.16. The highest BCUT2D eigenvalue weighted by Gasteiger charge is 2.34. The molecule has 4 aromatic rings. The molecule has 3 heterocycles. The number of hydrogen-bond donors (Lipinski definition) is 2. The van der Waals surface area contributed by atoms with Gasteiger partial charge in [-0.25, -0.2) is 15.0 Å². The number of H-pyrrole nitrogens is 1. The second-order valence-electron chi connectivity index (χ2n) is 6.19. The quantitative estimate of drug-likeness (QED) is 0.459. The molecule has 2 N–H and O–H groups in total. The summed E-state index contributed by atoms with van der Waals surface area (Å²) in [4.78, 5) is 27.1. The first-order chi connectivity index (χ1) is 14.3. The molecule has 0 saturated carbocycles. The van der Waals surface area contributed by atoms with Gasteiger partial charge in [-0.3, -0.25) is 4.79 Å². The largest absolute Gasteiger partial charge is 0.434 e. The van der Waals surface area contributed by atoms with E-state index in [0.717, 1.165) is 32.5 Å². The zero-order chi connectivity index (χ0) is 21.3. The summed E-state index contributed by atoms with van der Waals surface area (Å²) in [7, 11) is 1.40. The van der Waals surface area contributed by atoms with Crippen LogP contribution in [-0.2, 0) is 22.3 Å². The Morgan fingerprint density at radius 1 is 1.27 bits per heavy atom. The van der Waals surface area contributed by atoms with E-state index < -0.39 is 11.9 Å². The highest BCUT2D eigenvalue weighted by atomic mass is 32.1. The van der Waals surface area contributed by atoms with Gasteiger partial charge in [0.25, 0.3) is 0 Å². The lowest BCUT2D eigenvalue weighted by Gasteiger charge is -2.02. The van der Waals surface area contributed by atoms with Gasteiger partial charge in [-0.15, -0.1) is 22.7 Å². The fourth-order valence-corrected chi connectivity index (χ4v) is 4.29. The average molecular weight is 453 g/mol. The molecule has 0 radical (unpaired) electrons. The topological polar surface area (TPSA) is 92.8 Å². The number of alkyl halides is 3. The fraction of sp³-hybridized carbons (Fsp3) is 0.222. The van der Waals surface area contributed by atoms with Crippen LogP contribution in [0.25, 0.3) is 32.2 Å². The second-order valence-corrected chi connectivity index (χ2v) is 7.93. The van der Waals surface area contributed by atoms with E-state index in [4.69, 9.17) is 4.74 Å². The van der Waals surface area contributed by atoms with Crippen LogP contribution in [0.1, 0.15) is 11.5 Å². The number of carbonyl (C=O) groups is 1. The minimum atomic E-state index is -4.54. The van der Waals surface area contributed by atoms with Crippen LogP contribution in [0.5, 0.6) is 0 Å². The van der Waals surface area contributed by atoms with Crippen LogP contribution in [0.2, 0.25) is 0 Å². The number of fused-ring (bicyclic) bond motifs is 1. The summed E-state index contributed by atoms with van der Waals surface area (Å²) in [5, 5.41) is 3.73. The molecule has 0 bridgehead atoms. The molecule has 156 valence electrons. The zero-order valence-electron chi connectivity index (χ0n) is 15.4. The minimum Gasteiger partial charge on any atom is -0.375 e. The molecule has 0 unspecified atom stereocenters. The van der Waals surface area contributed by atoms with E-state index in [0.29, 0.717) is 11.5 Å². The SMILES string of the molecule is COCC(=O)NCc1nc(-c2nc(C(F)(F)F)cs2)c(-c2ccc3ncsc3c2)[nH]1. The van der Waals surface area contributed by atoms with Gasteiger partial charge in [0.2, 0.25) is 5.91 Å². The first-order valence-corrected chi connectivity index (χ1v) is 10.3. The fourth-order valence-electron chi connectivity index (χ4n) is 2.76. The summed E-state index contributed by atoms with van der Waals surface area (Å²) >= 11 is 2.31. The van der Waals surface area contributed by atoms with Gasteiger partial charge in [-0.1, -0.05) is 6.07 Å². The lowest BCUT2D eigenvalue weighted by atomic mass is 10.1. The van der Waals surface area contributed by atoms with Crippen molar-refractivity contribution in [2.24, 2.45) is 0 Å². The Bertz CT molecular complexity index is 1200. The number of nitrogens with one attached hydrogen (secondary N) is 2. The van der Waals surface area contributed by atoms with Gasteiger partial charge < -0.3 is 15.0 Å². The summed E-state index contributed by atoms with van der Waals surface area (Å²) in [6.45, 7) is -0.0423. The number of halogens is 3. The molecule has 0 saturated heterocycles. The summed E-state index contributed by atoms with van der Waals surface area (Å²) in [5.74, 6) is 0.0503. The van der Waals surface area contributed by atoms with Crippen molar-refractivity contribution < 1.29 is 22.7 Å². The Balaban J connectivity index is 1.74. The molecule has 7 nitrogen and oxygen atoms in total. The number of aromatic nitrogens is 4. The number of amides is 1. The number of methoxy groups -OCH3 is 1. The van der Waals surface area contributed by atoms with Crippen molar-refractivity contribution >= 4 is 38.8 Å². The number of nitrogens with zero attached hydrogens (tertiary/aromatic N) is 3. The summed E-state index contributed by atoms with van der Waals surface area (Å²) in [5.41, 5.74) is 3.11. The van der Waals surface area contributed by atoms with Gasteiger partial charge in [0.1, 0.15) is 23.1 Å². The third kappa shape index (κ3) is 4.20. The average Bonchev–Trinajstić information content (AvgIpc) is 3.43. The molecule has 0 spiro atoms. The monoisotopic (exact) mass is 453 g/mol. The van der Waals surface area contributed by atoms with Crippen LogP contribution in [0.4, 0.5) is 13.2 Å². The van der Waals surface area contributed by atoms with Crippen molar-refractivity contribution in [3.63, 3.8) is 0 Å². The lowest BCUT2D eigenvalue weighted by molar-refractivity contribution is -0.140. The van der Waals surface area contributed by atoms with Gasteiger partial charge in [0.05, 0.1) is 28.0 Å². The zero-order valence-corrected chi connectivity index (χ0v) is 17.0. The molecule has 3 aromatic heterocycles. The molecule has 1 amide bonds. The Kier molecular flexibility index (Phi) is 5.54. The van der Waals surface area contributed by atoms with Crippen molar-refractivity contribution in [2.75, 3.05) is 13.7 Å². The van der Waals surface area contributed by atoms with Gasteiger partial charge in [-0.05, 0) is 12.1 Å². The summed E-state index contributed by atoms with van der Waals surface area (Å²) in [6, 6.07) is 5.52. The van der Waals surface area contributed by atoms with E-state index in [-0.39, 0.29) is 29.8 Å². The minimum absolute atomic E-state index is 0.0650. The number of thiazole rings is 2. The highest BCUT2D eigenvalue weighted by Crippen LogP contribution is 2.37. The standard InChI is InChI=1S/C18H14F3N5O2S2/c1-28-6-14(27)22-5-13-25-15(9-2-3-10-11(4-9)30-8-23-10)16(26-13)17-24-12(7-29-17)18(19,20)21/h2-4,7-8H,5-6H2,1H3,(H,22,27)(H,25,26). The number of hydrogen-bond acceptors (Lipinski definition) is 7. The van der Waals surface area contributed by atoms with E-state index in [2.05, 4.69) is 25.3 Å². The Hall–Kier alpha value is -2.83. The number of imidazole rings is 1. The Morgan fingerprint density at radius 2 is 2.10 bits per heavy atom. The van der Waals surface area contributed by atoms with Crippen LogP contribution in [-0.4, -0.2) is 39.6 Å². The first kappa shape index (κ1) is 20.4. The van der Waals surface area contributed by atoms with Crippen molar-refractivity contribution in [1.29, 1.82) is 0 Å². The molecule has 0 fully saturated rings. The number of rotatable bonds is 6. The van der Waals surface area contributed by atoms with Crippen molar-refractivity contribution in [1.82, 2.24) is 25.3 Å². The van der Waals surface area contributed by atoms with Gasteiger partial charge in [0.15, 0.2) is 5.69 Å². The number of aromatic amines is 1. The van der Waals surface area contributed by atoms with Crippen molar-refractivity contribution in [3.8, 4) is 22.0 Å². The third-order valence-electron chi connectivity index (χ3n) is 4.10. The van der Waals surface area contributed by atoms with Crippen LogP contribution in [0.3, 0.4) is 0 Å². The molecule has 0 aliphatic rings. The maximum Gasteiger partial charge on any atom is 0.434 e. The molecule has 4 rings (SSSR count). The smallest absolute Gasteiger partial charge is 0.375 e. The maximum absolute atomic E-state index is 13.0. The van der Waals surface area contributed by atoms with Gasteiger partial charge >= 0.3 is 6.18 Å². The third-order valence-corrected chi connectivity index (χ3v) is 5.74. The number of ether oxygens (including phenoxy) is 1. The second kappa shape index (κ2) is 8.13. The molecular formula is C18H14F3N5O2S2. The molecule has 0 atom stereocenters. The van der Waals surface area contributed by atoms with Crippen LogP contribution in [0, 0.1) is 0 Å². The Morgan fingerprint density at radius 3 is 2.83 bits per heavy atom. The summed E-state index contributed by atoms with van der Waals surface area (Å²) < 4.78 is 44.7. The van der Waals surface area contributed by atoms with Crippen molar-refractivity contribution in [3.05, 3.63) is 40.6 Å². The van der Waals surface area contributed by atoms with E-state index >= 15 is 0 Å². The molecule has 0 aliphatic heterocycles. The maximum atomic E-state index is 13.0. The molecular weight excluding hydrogens is 439 g/mol. The predicted octanol–water partition coefficient (Wildman–Crippen LogP) is 4.09. The van der Waals surface area contributed by atoms with Crippen LogP contribution in [0.15, 0.2) is 29.1 Å². The lowest BCUT2D eigenvalue weighted by Crippen LogP contribution is -2.27. The normalized spacial score (nSPS) is 11.9. The molecule has 0 aliphatic carbocycles. The van der Waals surface area contributed by atoms with Crippen LogP contribution >= 0.6 is 22.7 Å². The van der Waals surface area contributed by atoms with Gasteiger partial charge in [0, 0.05) is 18.1 Å². The Labute approximate surface area is 176 Å². The van der Waals surface area contributed by atoms with E-state index in [1.165, 1.54) is 18.4 Å². The molecule has 12 heteroatoms. The number of carbonyl (C=O) groups excluding carboxylic acids is 1. The number of benzene rings is 1. The first-order valence-electron chi connectivity index (χ1n) is 8.56. The van der Waals surface area contributed by atoms with Crippen molar-refractivity contribution in [2.45, 2.75) is 12.7 Å². The predicted molar refractivity (Wildman–Crippen MR) is 107 cm³/mol. The summed E-state index contributed by atoms with van der Waals surface area (Å²) in [6.07, 6.45) is -4.54. The van der Waals surface area contributed by atoms with Crippen LogP contribution < -0.4 is 5.32 Å². The molecule has 30 heavy (non-hydrogen) atoms. The van der Waals surface area contributed by atoms with Gasteiger partial charge in [-0.2, -0.15) is 13.2 Å². The van der Waals surface area contributed by atoms with E-state index in [1.807, 2.05) is 18.2 Å². The van der Waals surface area contributed by atoms with E-state index in [9.17, 15) is 18.0 Å². The van der Waals surface area contributed by atoms with E-state index in [1.54, 1.807) is 5.51 Å².